The number of benzene rings is 2. The minimum atomic E-state index is 0.0200. The zero-order valence-corrected chi connectivity index (χ0v) is 15.7. The van der Waals surface area contributed by atoms with Crippen molar-refractivity contribution in [3.05, 3.63) is 82.1 Å². The second-order valence-electron chi connectivity index (χ2n) is 6.51. The minimum Gasteiger partial charge on any atom is -0.324 e. The summed E-state index contributed by atoms with van der Waals surface area (Å²) in [5.41, 5.74) is 4.73. The van der Waals surface area contributed by atoms with E-state index in [1.807, 2.05) is 4.68 Å². The SMILES string of the molecule is CC(C)c1ccc(C2=CC(c3ccc(Br)cc3)n3ncnc3N2)cc1. The van der Waals surface area contributed by atoms with E-state index < -0.39 is 0 Å². The third kappa shape index (κ3) is 3.12. The van der Waals surface area contributed by atoms with Gasteiger partial charge in [0, 0.05) is 10.2 Å². The Hall–Kier alpha value is -2.40. The Bertz CT molecular complexity index is 908. The highest BCUT2D eigenvalue weighted by molar-refractivity contribution is 9.10. The molecule has 3 aromatic rings. The molecule has 0 aliphatic carbocycles. The van der Waals surface area contributed by atoms with Gasteiger partial charge in [-0.3, -0.25) is 0 Å². The van der Waals surface area contributed by atoms with Crippen molar-refractivity contribution in [2.45, 2.75) is 25.8 Å². The van der Waals surface area contributed by atoms with Gasteiger partial charge in [0.15, 0.2) is 0 Å². The topological polar surface area (TPSA) is 42.7 Å². The van der Waals surface area contributed by atoms with Crippen LogP contribution in [0.25, 0.3) is 5.70 Å². The molecule has 2 heterocycles. The first-order chi connectivity index (χ1) is 12.1. The monoisotopic (exact) mass is 394 g/mol. The highest BCUT2D eigenvalue weighted by Crippen LogP contribution is 2.32. The van der Waals surface area contributed by atoms with Crippen LogP contribution in [0.2, 0.25) is 0 Å². The van der Waals surface area contributed by atoms with Gasteiger partial charge < -0.3 is 5.32 Å². The molecule has 1 aromatic heterocycles. The molecule has 126 valence electrons. The lowest BCUT2D eigenvalue weighted by Crippen LogP contribution is -2.20. The first kappa shape index (κ1) is 16.1. The number of rotatable bonds is 3. The van der Waals surface area contributed by atoms with E-state index in [0.29, 0.717) is 5.92 Å². The molecule has 2 aromatic carbocycles. The Morgan fingerprint density at radius 2 is 1.76 bits per heavy atom. The summed E-state index contributed by atoms with van der Waals surface area (Å²) in [4.78, 5) is 4.36. The molecule has 0 radical (unpaired) electrons. The van der Waals surface area contributed by atoms with Crippen LogP contribution < -0.4 is 5.32 Å². The van der Waals surface area contributed by atoms with Gasteiger partial charge in [-0.2, -0.15) is 10.1 Å². The molecule has 1 N–H and O–H groups in total. The molecule has 4 rings (SSSR count). The lowest BCUT2D eigenvalue weighted by atomic mass is 9.98. The Kier molecular flexibility index (Phi) is 4.17. The molecular weight excluding hydrogens is 376 g/mol. The minimum absolute atomic E-state index is 0.0200. The van der Waals surface area contributed by atoms with E-state index in [1.165, 1.54) is 11.1 Å². The lowest BCUT2D eigenvalue weighted by Gasteiger charge is -2.24. The van der Waals surface area contributed by atoms with Crippen molar-refractivity contribution in [2.24, 2.45) is 0 Å². The summed E-state index contributed by atoms with van der Waals surface area (Å²) in [5.74, 6) is 1.29. The Labute approximate surface area is 155 Å². The maximum Gasteiger partial charge on any atom is 0.226 e. The van der Waals surface area contributed by atoms with E-state index in [-0.39, 0.29) is 6.04 Å². The van der Waals surface area contributed by atoms with Crippen molar-refractivity contribution in [3.63, 3.8) is 0 Å². The predicted octanol–water partition coefficient (Wildman–Crippen LogP) is 5.22. The predicted molar refractivity (Wildman–Crippen MR) is 104 cm³/mol. The van der Waals surface area contributed by atoms with Crippen LogP contribution in [0.4, 0.5) is 5.95 Å². The van der Waals surface area contributed by atoms with Crippen LogP contribution in [0.15, 0.2) is 65.4 Å². The van der Waals surface area contributed by atoms with Gasteiger partial charge in [0.25, 0.3) is 0 Å². The van der Waals surface area contributed by atoms with Gasteiger partial charge in [-0.25, -0.2) is 4.68 Å². The zero-order chi connectivity index (χ0) is 17.4. The van der Waals surface area contributed by atoms with Gasteiger partial charge in [0.1, 0.15) is 12.4 Å². The molecule has 0 bridgehead atoms. The van der Waals surface area contributed by atoms with Crippen molar-refractivity contribution < 1.29 is 0 Å². The van der Waals surface area contributed by atoms with E-state index in [0.717, 1.165) is 21.7 Å². The van der Waals surface area contributed by atoms with E-state index >= 15 is 0 Å². The average molecular weight is 395 g/mol. The number of anilines is 1. The molecule has 1 aliphatic rings. The quantitative estimate of drug-likeness (QED) is 0.661. The average Bonchev–Trinajstić information content (AvgIpc) is 3.10. The fraction of sp³-hybridized carbons (Fsp3) is 0.200. The maximum absolute atomic E-state index is 4.39. The molecule has 25 heavy (non-hydrogen) atoms. The summed E-state index contributed by atoms with van der Waals surface area (Å²) < 4.78 is 2.98. The van der Waals surface area contributed by atoms with Gasteiger partial charge >= 0.3 is 0 Å². The second kappa shape index (κ2) is 6.48. The van der Waals surface area contributed by atoms with Crippen molar-refractivity contribution in [2.75, 3.05) is 5.32 Å². The molecule has 4 nitrogen and oxygen atoms in total. The molecule has 1 unspecified atom stereocenters. The first-order valence-electron chi connectivity index (χ1n) is 8.36. The van der Waals surface area contributed by atoms with E-state index in [4.69, 9.17) is 0 Å². The van der Waals surface area contributed by atoms with Crippen molar-refractivity contribution in [1.29, 1.82) is 0 Å². The third-order valence-corrected chi connectivity index (χ3v) is 5.04. The summed E-state index contributed by atoms with van der Waals surface area (Å²) in [6, 6.07) is 17.1. The third-order valence-electron chi connectivity index (χ3n) is 4.51. The number of hydrogen-bond donors (Lipinski definition) is 1. The lowest BCUT2D eigenvalue weighted by molar-refractivity contribution is 0.612. The van der Waals surface area contributed by atoms with Gasteiger partial charge in [-0.15, -0.1) is 0 Å². The zero-order valence-electron chi connectivity index (χ0n) is 14.1. The molecular formula is C20H19BrN4. The van der Waals surface area contributed by atoms with Crippen molar-refractivity contribution in [3.8, 4) is 0 Å². The molecule has 0 saturated heterocycles. The molecule has 0 saturated carbocycles. The molecule has 0 amide bonds. The standard InChI is InChI=1S/C20H19BrN4/c1-13(2)14-3-5-15(6-4-14)18-11-19(16-7-9-17(21)10-8-16)25-20(24-18)22-12-23-25/h3-13,19H,1-2H3,(H,22,23,24). The molecule has 0 fully saturated rings. The molecule has 1 aliphatic heterocycles. The number of allylic oxidation sites excluding steroid dienone is 1. The smallest absolute Gasteiger partial charge is 0.226 e. The van der Waals surface area contributed by atoms with Crippen molar-refractivity contribution >= 4 is 27.6 Å². The molecule has 1 atom stereocenters. The molecule has 0 spiro atoms. The number of hydrogen-bond acceptors (Lipinski definition) is 3. The number of nitrogens with zero attached hydrogens (tertiary/aromatic N) is 3. The van der Waals surface area contributed by atoms with Crippen LogP contribution in [0.5, 0.6) is 0 Å². The van der Waals surface area contributed by atoms with Crippen LogP contribution >= 0.6 is 15.9 Å². The van der Waals surface area contributed by atoms with Crippen LogP contribution in [0.1, 0.15) is 42.5 Å². The molecule has 5 heteroatoms. The normalized spacial score (nSPS) is 16.3. The second-order valence-corrected chi connectivity index (χ2v) is 7.42. The Morgan fingerprint density at radius 1 is 1.04 bits per heavy atom. The van der Waals surface area contributed by atoms with E-state index in [9.17, 15) is 0 Å². The summed E-state index contributed by atoms with van der Waals surface area (Å²) in [6.45, 7) is 4.42. The van der Waals surface area contributed by atoms with Crippen LogP contribution in [0, 0.1) is 0 Å². The highest BCUT2D eigenvalue weighted by Gasteiger charge is 2.23. The summed E-state index contributed by atoms with van der Waals surface area (Å²) in [5, 5.41) is 7.78. The Morgan fingerprint density at radius 3 is 2.44 bits per heavy atom. The van der Waals surface area contributed by atoms with E-state index in [1.54, 1.807) is 6.33 Å². The highest BCUT2D eigenvalue weighted by atomic mass is 79.9. The summed E-state index contributed by atoms with van der Waals surface area (Å²) in [6.07, 6.45) is 3.79. The first-order valence-corrected chi connectivity index (χ1v) is 9.15. The number of aromatic nitrogens is 3. The fourth-order valence-corrected chi connectivity index (χ4v) is 3.31. The van der Waals surface area contributed by atoms with Crippen LogP contribution in [-0.2, 0) is 0 Å². The summed E-state index contributed by atoms with van der Waals surface area (Å²) in [7, 11) is 0. The van der Waals surface area contributed by atoms with Gasteiger partial charge in [-0.1, -0.05) is 66.2 Å². The van der Waals surface area contributed by atoms with Crippen LogP contribution in [0.3, 0.4) is 0 Å². The summed E-state index contributed by atoms with van der Waals surface area (Å²) >= 11 is 3.50. The van der Waals surface area contributed by atoms with Crippen LogP contribution in [-0.4, -0.2) is 14.8 Å². The van der Waals surface area contributed by atoms with Crippen molar-refractivity contribution in [1.82, 2.24) is 14.8 Å². The van der Waals surface area contributed by atoms with Gasteiger partial charge in [-0.05, 0) is 40.8 Å². The largest absolute Gasteiger partial charge is 0.324 e. The number of halogens is 1. The number of nitrogens with one attached hydrogen (secondary N) is 1. The van der Waals surface area contributed by atoms with Gasteiger partial charge in [0.2, 0.25) is 5.95 Å². The maximum atomic E-state index is 4.39. The fourth-order valence-electron chi connectivity index (χ4n) is 3.05. The van der Waals surface area contributed by atoms with Gasteiger partial charge in [0.05, 0.1) is 0 Å². The van der Waals surface area contributed by atoms with E-state index in [2.05, 4.69) is 99.8 Å². The Balaban J connectivity index is 1.74. The number of fused-ring (bicyclic) bond motifs is 1.